The van der Waals surface area contributed by atoms with E-state index in [1.54, 1.807) is 4.90 Å². The van der Waals surface area contributed by atoms with Crippen molar-refractivity contribution in [2.45, 2.75) is 51.8 Å². The van der Waals surface area contributed by atoms with Crippen LogP contribution in [0.1, 0.15) is 67.9 Å². The van der Waals surface area contributed by atoms with Crippen LogP contribution < -0.4 is 0 Å². The fraction of sp³-hybridized carbons (Fsp3) is 0.381. The van der Waals surface area contributed by atoms with Gasteiger partial charge in [-0.25, -0.2) is 0 Å². The molecule has 25 heavy (non-hydrogen) atoms. The van der Waals surface area contributed by atoms with Gasteiger partial charge in [0.2, 0.25) is 0 Å². The van der Waals surface area contributed by atoms with Gasteiger partial charge in [-0.1, -0.05) is 51.1 Å². The summed E-state index contributed by atoms with van der Waals surface area (Å²) in [6.07, 6.45) is -0.937. The van der Waals surface area contributed by atoms with E-state index in [2.05, 4.69) is 49.4 Å². The Labute approximate surface area is 163 Å². The first-order valence-corrected chi connectivity index (χ1v) is 9.54. The molecule has 3 rings (SSSR count). The second-order valence-electron chi connectivity index (χ2n) is 8.15. The van der Waals surface area contributed by atoms with Crippen LogP contribution in [0, 0.1) is 3.57 Å². The summed E-state index contributed by atoms with van der Waals surface area (Å²) in [4.78, 5) is 14.8. The van der Waals surface area contributed by atoms with E-state index in [9.17, 15) is 9.90 Å². The van der Waals surface area contributed by atoms with Crippen LogP contribution in [-0.4, -0.2) is 15.9 Å². The maximum absolute atomic E-state index is 13.2. The van der Waals surface area contributed by atoms with E-state index in [0.29, 0.717) is 11.1 Å². The minimum Gasteiger partial charge on any atom is -0.369 e. The first kappa shape index (κ1) is 18.4. The van der Waals surface area contributed by atoms with Crippen LogP contribution in [0.2, 0.25) is 0 Å². The summed E-state index contributed by atoms with van der Waals surface area (Å²) in [6, 6.07) is 13.9. The Morgan fingerprint density at radius 2 is 1.60 bits per heavy atom. The Morgan fingerprint density at radius 3 is 2.16 bits per heavy atom. The van der Waals surface area contributed by atoms with Crippen LogP contribution in [-0.2, 0) is 11.0 Å². The molecule has 1 amide bonds. The quantitative estimate of drug-likeness (QED) is 0.658. The van der Waals surface area contributed by atoms with Crippen molar-refractivity contribution >= 4 is 28.5 Å². The van der Waals surface area contributed by atoms with Gasteiger partial charge in [0, 0.05) is 9.13 Å². The van der Waals surface area contributed by atoms with Crippen molar-refractivity contribution < 1.29 is 9.90 Å². The fourth-order valence-corrected chi connectivity index (χ4v) is 4.28. The first-order valence-electron chi connectivity index (χ1n) is 8.46. The van der Waals surface area contributed by atoms with Crippen molar-refractivity contribution in [2.24, 2.45) is 0 Å². The number of nitrogens with zero attached hydrogens (tertiary/aromatic N) is 1. The molecule has 0 spiro atoms. The number of rotatable bonds is 2. The summed E-state index contributed by atoms with van der Waals surface area (Å²) < 4.78 is 0.899. The van der Waals surface area contributed by atoms with Crippen molar-refractivity contribution in [3.63, 3.8) is 0 Å². The van der Waals surface area contributed by atoms with E-state index in [-0.39, 0.29) is 11.3 Å². The minimum absolute atomic E-state index is 0.0416. The predicted molar refractivity (Wildman–Crippen MR) is 108 cm³/mol. The summed E-state index contributed by atoms with van der Waals surface area (Å²) in [7, 11) is 0. The van der Waals surface area contributed by atoms with E-state index < -0.39 is 11.8 Å². The molecule has 132 valence electrons. The molecule has 1 atom stereocenters. The number of hydrogen-bond donors (Lipinski definition) is 1. The number of fused-ring (bicyclic) bond motifs is 1. The molecule has 2 aromatic carbocycles. The number of hydrogen-bond acceptors (Lipinski definition) is 2. The average molecular weight is 449 g/mol. The average Bonchev–Trinajstić information content (AvgIpc) is 2.79. The Hall–Kier alpha value is -1.40. The molecule has 0 radical (unpaired) electrons. The zero-order chi connectivity index (χ0) is 18.6. The summed E-state index contributed by atoms with van der Waals surface area (Å²) >= 11 is 2.21. The molecule has 0 saturated heterocycles. The number of halogens is 1. The molecular weight excluding hydrogens is 425 g/mol. The van der Waals surface area contributed by atoms with Crippen molar-refractivity contribution in [3.05, 3.63) is 68.3 Å². The number of carbonyl (C=O) groups excluding carboxylic acids is 1. The van der Waals surface area contributed by atoms with Crippen molar-refractivity contribution in [1.82, 2.24) is 4.90 Å². The molecule has 4 heteroatoms. The van der Waals surface area contributed by atoms with Gasteiger partial charge in [-0.15, -0.1) is 0 Å². The first-order chi connectivity index (χ1) is 11.5. The lowest BCUT2D eigenvalue weighted by atomic mass is 9.85. The lowest BCUT2D eigenvalue weighted by Gasteiger charge is -2.38. The summed E-state index contributed by atoms with van der Waals surface area (Å²) in [5.74, 6) is -0.110. The van der Waals surface area contributed by atoms with Gasteiger partial charge in [-0.2, -0.15) is 0 Å². The maximum atomic E-state index is 13.2. The second kappa shape index (κ2) is 6.09. The zero-order valence-electron chi connectivity index (χ0n) is 15.3. The van der Waals surface area contributed by atoms with E-state index in [0.717, 1.165) is 14.7 Å². The van der Waals surface area contributed by atoms with E-state index >= 15 is 0 Å². The number of aliphatic hydroxyl groups is 1. The van der Waals surface area contributed by atoms with Gasteiger partial charge in [0.1, 0.15) is 0 Å². The molecule has 1 N–H and O–H groups in total. The van der Waals surface area contributed by atoms with Crippen LogP contribution in [0.15, 0.2) is 42.5 Å². The van der Waals surface area contributed by atoms with Gasteiger partial charge >= 0.3 is 0 Å². The molecule has 0 aromatic heterocycles. The normalized spacial score (nSPS) is 17.8. The molecule has 3 nitrogen and oxygen atoms in total. The minimum atomic E-state index is -0.937. The highest BCUT2D eigenvalue weighted by Crippen LogP contribution is 2.44. The van der Waals surface area contributed by atoms with Crippen molar-refractivity contribution in [2.75, 3.05) is 0 Å². The summed E-state index contributed by atoms with van der Waals surface area (Å²) in [6.45, 7) is 10.4. The highest BCUT2D eigenvalue weighted by Gasteiger charge is 2.46. The lowest BCUT2D eigenvalue weighted by Crippen LogP contribution is -2.44. The van der Waals surface area contributed by atoms with Gasteiger partial charge in [0.25, 0.3) is 5.91 Å². The molecule has 1 unspecified atom stereocenters. The van der Waals surface area contributed by atoms with Crippen LogP contribution in [0.25, 0.3) is 0 Å². The Kier molecular flexibility index (Phi) is 4.48. The molecule has 0 fully saturated rings. The molecule has 0 bridgehead atoms. The largest absolute Gasteiger partial charge is 0.369 e. The molecular formula is C21H24INO2. The summed E-state index contributed by atoms with van der Waals surface area (Å²) in [5, 5.41) is 11.0. The molecule has 0 saturated carbocycles. The fourth-order valence-electron chi connectivity index (χ4n) is 3.41. The Bertz CT molecular complexity index is 822. The van der Waals surface area contributed by atoms with Gasteiger partial charge in [-0.05, 0) is 65.1 Å². The maximum Gasteiger partial charge on any atom is 0.258 e. The van der Waals surface area contributed by atoms with Gasteiger partial charge in [0.05, 0.1) is 11.1 Å². The Balaban J connectivity index is 2.12. The van der Waals surface area contributed by atoms with Crippen molar-refractivity contribution in [3.8, 4) is 0 Å². The van der Waals surface area contributed by atoms with E-state index in [4.69, 9.17) is 0 Å². The van der Waals surface area contributed by atoms with Gasteiger partial charge in [0.15, 0.2) is 6.23 Å². The monoisotopic (exact) mass is 449 g/mol. The number of aliphatic hydroxyl groups excluding tert-OH is 1. The second-order valence-corrected chi connectivity index (χ2v) is 9.31. The number of carbonyl (C=O) groups is 1. The highest BCUT2D eigenvalue weighted by atomic mass is 127. The standard InChI is InChI=1S/C21H24INO2/c1-20(2,3)14-11-15-17(16(22)12-14)19(25)23(18(15)24)21(4,5)13-9-7-6-8-10-13/h6-12,18,24H,1-5H3. The summed E-state index contributed by atoms with van der Waals surface area (Å²) in [5.41, 5.74) is 2.82. The molecule has 2 aromatic rings. The lowest BCUT2D eigenvalue weighted by molar-refractivity contribution is -0.0305. The number of benzene rings is 2. The van der Waals surface area contributed by atoms with Crippen LogP contribution in [0.3, 0.4) is 0 Å². The zero-order valence-corrected chi connectivity index (χ0v) is 17.5. The predicted octanol–water partition coefficient (Wildman–Crippen LogP) is 4.97. The van der Waals surface area contributed by atoms with Crippen molar-refractivity contribution in [1.29, 1.82) is 0 Å². The van der Waals surface area contributed by atoms with Crippen LogP contribution in [0.4, 0.5) is 0 Å². The molecule has 1 aliphatic heterocycles. The smallest absolute Gasteiger partial charge is 0.258 e. The Morgan fingerprint density at radius 1 is 1.00 bits per heavy atom. The van der Waals surface area contributed by atoms with Gasteiger partial charge in [-0.3, -0.25) is 9.69 Å². The van der Waals surface area contributed by atoms with Gasteiger partial charge < -0.3 is 5.11 Å². The van der Waals surface area contributed by atoms with E-state index in [1.807, 2.05) is 50.2 Å². The third kappa shape index (κ3) is 2.99. The van der Waals surface area contributed by atoms with E-state index in [1.165, 1.54) is 0 Å². The third-order valence-corrected chi connectivity index (χ3v) is 5.88. The SMILES string of the molecule is CC(C)(C)c1cc(I)c2c(c1)C(O)N(C(C)(C)c1ccccc1)C2=O. The highest BCUT2D eigenvalue weighted by molar-refractivity contribution is 14.1. The van der Waals surface area contributed by atoms with Crippen LogP contribution in [0.5, 0.6) is 0 Å². The number of amides is 1. The molecule has 0 aliphatic carbocycles. The molecule has 1 aliphatic rings. The third-order valence-electron chi connectivity index (χ3n) is 5.02. The topological polar surface area (TPSA) is 40.5 Å². The molecule has 1 heterocycles. The van der Waals surface area contributed by atoms with Crippen LogP contribution >= 0.6 is 22.6 Å².